The average molecular weight is 243 g/mol. The van der Waals surface area contributed by atoms with Crippen LogP contribution in [0.1, 0.15) is 35.2 Å². The molecule has 1 atom stereocenters. The molecule has 0 fully saturated rings. The van der Waals surface area contributed by atoms with Gasteiger partial charge in [-0.1, -0.05) is 24.3 Å². The summed E-state index contributed by atoms with van der Waals surface area (Å²) >= 11 is 0. The lowest BCUT2D eigenvalue weighted by atomic mass is 9.84. The molecule has 1 aromatic carbocycles. The van der Waals surface area contributed by atoms with Gasteiger partial charge < -0.3 is 9.73 Å². The maximum atomic E-state index is 5.69. The van der Waals surface area contributed by atoms with Crippen LogP contribution in [0.2, 0.25) is 0 Å². The van der Waals surface area contributed by atoms with Gasteiger partial charge in [0.25, 0.3) is 0 Å². The Bertz CT molecular complexity index is 535. The number of rotatable bonds is 3. The van der Waals surface area contributed by atoms with Gasteiger partial charge in [0.15, 0.2) is 0 Å². The van der Waals surface area contributed by atoms with Gasteiger partial charge in [-0.05, 0) is 37.4 Å². The number of benzene rings is 1. The van der Waals surface area contributed by atoms with Crippen molar-refractivity contribution >= 4 is 0 Å². The molecule has 3 rings (SSSR count). The fourth-order valence-corrected chi connectivity index (χ4v) is 2.56. The van der Waals surface area contributed by atoms with E-state index in [1.807, 2.05) is 7.05 Å². The van der Waals surface area contributed by atoms with Gasteiger partial charge in [0.05, 0.1) is 6.54 Å². The fraction of sp³-hybridized carbons (Fsp3) is 0.429. The summed E-state index contributed by atoms with van der Waals surface area (Å²) in [7, 11) is 1.88. The van der Waals surface area contributed by atoms with Crippen LogP contribution in [0.4, 0.5) is 0 Å². The second-order valence-electron chi connectivity index (χ2n) is 4.77. The molecule has 0 saturated heterocycles. The summed E-state index contributed by atoms with van der Waals surface area (Å²) in [5.41, 5.74) is 2.88. The van der Waals surface area contributed by atoms with Crippen molar-refractivity contribution in [3.05, 3.63) is 47.2 Å². The van der Waals surface area contributed by atoms with Crippen molar-refractivity contribution in [1.29, 1.82) is 0 Å². The highest BCUT2D eigenvalue weighted by molar-refractivity contribution is 5.31. The van der Waals surface area contributed by atoms with Crippen LogP contribution in [0.5, 0.6) is 0 Å². The van der Waals surface area contributed by atoms with Gasteiger partial charge >= 0.3 is 0 Å². The van der Waals surface area contributed by atoms with Crippen LogP contribution >= 0.6 is 0 Å². The van der Waals surface area contributed by atoms with Gasteiger partial charge in [0, 0.05) is 5.92 Å². The number of aromatic nitrogens is 2. The maximum absolute atomic E-state index is 5.69. The van der Waals surface area contributed by atoms with E-state index >= 15 is 0 Å². The summed E-state index contributed by atoms with van der Waals surface area (Å²) in [4.78, 5) is 0. The third kappa shape index (κ3) is 2.16. The number of nitrogens with one attached hydrogen (secondary N) is 1. The number of nitrogens with zero attached hydrogens (tertiary/aromatic N) is 2. The molecule has 1 aliphatic carbocycles. The Morgan fingerprint density at radius 3 is 2.94 bits per heavy atom. The number of hydrogen-bond donors (Lipinski definition) is 1. The zero-order valence-electron chi connectivity index (χ0n) is 10.5. The zero-order valence-corrected chi connectivity index (χ0v) is 10.5. The van der Waals surface area contributed by atoms with E-state index in [1.54, 1.807) is 0 Å². The van der Waals surface area contributed by atoms with Crippen molar-refractivity contribution in [2.45, 2.75) is 31.7 Å². The molecule has 1 heterocycles. The topological polar surface area (TPSA) is 51.0 Å². The molecule has 1 aromatic heterocycles. The lowest BCUT2D eigenvalue weighted by Crippen LogP contribution is -2.12. The Morgan fingerprint density at radius 1 is 1.28 bits per heavy atom. The first kappa shape index (κ1) is 11.4. The third-order valence-electron chi connectivity index (χ3n) is 3.51. The summed E-state index contributed by atoms with van der Waals surface area (Å²) in [6, 6.07) is 8.62. The van der Waals surface area contributed by atoms with Crippen LogP contribution < -0.4 is 5.32 Å². The van der Waals surface area contributed by atoms with Crippen molar-refractivity contribution in [1.82, 2.24) is 15.5 Å². The quantitative estimate of drug-likeness (QED) is 0.896. The van der Waals surface area contributed by atoms with E-state index in [2.05, 4.69) is 39.8 Å². The van der Waals surface area contributed by atoms with Crippen molar-refractivity contribution in [3.63, 3.8) is 0 Å². The van der Waals surface area contributed by atoms with Gasteiger partial charge in [-0.25, -0.2) is 0 Å². The van der Waals surface area contributed by atoms with Crippen LogP contribution in [0, 0.1) is 0 Å². The second-order valence-corrected chi connectivity index (χ2v) is 4.77. The average Bonchev–Trinajstić information content (AvgIpc) is 2.87. The minimum absolute atomic E-state index is 0.373. The molecule has 0 radical (unpaired) electrons. The normalized spacial score (nSPS) is 18.6. The predicted octanol–water partition coefficient (Wildman–Crippen LogP) is 2.06. The Morgan fingerprint density at radius 2 is 2.11 bits per heavy atom. The number of hydrogen-bond acceptors (Lipinski definition) is 4. The summed E-state index contributed by atoms with van der Waals surface area (Å²) in [5, 5.41) is 11.3. The van der Waals surface area contributed by atoms with Crippen LogP contribution in [0.15, 0.2) is 28.7 Å². The highest BCUT2D eigenvalue weighted by Gasteiger charge is 2.24. The molecular formula is C14H17N3O. The SMILES string of the molecule is CNCc1nnc(C2CCc3ccccc3C2)o1. The molecule has 0 spiro atoms. The highest BCUT2D eigenvalue weighted by Crippen LogP contribution is 2.31. The van der Waals surface area contributed by atoms with Crippen molar-refractivity contribution in [2.24, 2.45) is 0 Å². The lowest BCUT2D eigenvalue weighted by molar-refractivity contribution is 0.389. The van der Waals surface area contributed by atoms with E-state index in [1.165, 1.54) is 11.1 Å². The Balaban J connectivity index is 1.78. The third-order valence-corrected chi connectivity index (χ3v) is 3.51. The lowest BCUT2D eigenvalue weighted by Gasteiger charge is -2.21. The highest BCUT2D eigenvalue weighted by atomic mass is 16.4. The van der Waals surface area contributed by atoms with E-state index in [9.17, 15) is 0 Å². The first-order valence-electron chi connectivity index (χ1n) is 6.40. The number of fused-ring (bicyclic) bond motifs is 1. The molecule has 4 heteroatoms. The molecule has 1 unspecified atom stereocenters. The molecule has 0 saturated carbocycles. The van der Waals surface area contributed by atoms with Crippen LogP contribution in [0.25, 0.3) is 0 Å². The van der Waals surface area contributed by atoms with Crippen LogP contribution in [-0.4, -0.2) is 17.2 Å². The first-order valence-corrected chi connectivity index (χ1v) is 6.40. The smallest absolute Gasteiger partial charge is 0.230 e. The molecule has 0 bridgehead atoms. The summed E-state index contributed by atoms with van der Waals surface area (Å²) < 4.78 is 5.69. The Kier molecular flexibility index (Phi) is 3.11. The minimum atomic E-state index is 0.373. The first-order chi connectivity index (χ1) is 8.86. The molecule has 1 aliphatic rings. The molecule has 94 valence electrons. The Hall–Kier alpha value is -1.68. The van der Waals surface area contributed by atoms with Gasteiger partial charge in [-0.3, -0.25) is 0 Å². The summed E-state index contributed by atoms with van der Waals surface area (Å²) in [6.45, 7) is 0.635. The van der Waals surface area contributed by atoms with Crippen molar-refractivity contribution in [2.75, 3.05) is 7.05 Å². The summed E-state index contributed by atoms with van der Waals surface area (Å²) in [5.74, 6) is 1.83. The molecule has 1 N–H and O–H groups in total. The van der Waals surface area contributed by atoms with Gasteiger partial charge in [-0.2, -0.15) is 0 Å². The van der Waals surface area contributed by atoms with Crippen LogP contribution in [-0.2, 0) is 19.4 Å². The van der Waals surface area contributed by atoms with E-state index in [0.717, 1.165) is 25.2 Å². The van der Waals surface area contributed by atoms with Gasteiger partial charge in [0.1, 0.15) is 0 Å². The van der Waals surface area contributed by atoms with Gasteiger partial charge in [0.2, 0.25) is 11.8 Å². The van der Waals surface area contributed by atoms with E-state index < -0.39 is 0 Å². The molecule has 2 aromatic rings. The minimum Gasteiger partial charge on any atom is -0.424 e. The van der Waals surface area contributed by atoms with E-state index in [-0.39, 0.29) is 0 Å². The number of aryl methyl sites for hydroxylation is 1. The molecule has 4 nitrogen and oxygen atoms in total. The Labute approximate surface area is 106 Å². The standard InChI is InChI=1S/C14H17N3O/c1-15-9-13-16-17-14(18-13)12-7-6-10-4-2-3-5-11(10)8-12/h2-5,12,15H,6-9H2,1H3. The van der Waals surface area contributed by atoms with Crippen molar-refractivity contribution < 1.29 is 4.42 Å². The summed E-state index contributed by atoms with van der Waals surface area (Å²) in [6.07, 6.45) is 3.21. The monoisotopic (exact) mass is 243 g/mol. The second kappa shape index (κ2) is 4.90. The van der Waals surface area contributed by atoms with E-state index in [0.29, 0.717) is 18.4 Å². The molecule has 18 heavy (non-hydrogen) atoms. The van der Waals surface area contributed by atoms with Gasteiger partial charge in [-0.15, -0.1) is 10.2 Å². The fourth-order valence-electron chi connectivity index (χ4n) is 2.56. The maximum Gasteiger partial charge on any atom is 0.230 e. The largest absolute Gasteiger partial charge is 0.424 e. The molecule has 0 aliphatic heterocycles. The van der Waals surface area contributed by atoms with Crippen LogP contribution in [0.3, 0.4) is 0 Å². The van der Waals surface area contributed by atoms with Crippen molar-refractivity contribution in [3.8, 4) is 0 Å². The molecule has 0 amide bonds. The zero-order chi connectivity index (χ0) is 12.4. The predicted molar refractivity (Wildman–Crippen MR) is 68.3 cm³/mol. The molecular weight excluding hydrogens is 226 g/mol. The van der Waals surface area contributed by atoms with E-state index in [4.69, 9.17) is 4.42 Å².